The number of thiophene rings is 1. The van der Waals surface area contributed by atoms with Crippen molar-refractivity contribution in [1.82, 2.24) is 20.4 Å². The van der Waals surface area contributed by atoms with Gasteiger partial charge in [-0.05, 0) is 67.7 Å². The third-order valence-corrected chi connectivity index (χ3v) is 10.3. The maximum atomic E-state index is 14.1. The van der Waals surface area contributed by atoms with Gasteiger partial charge in [0.2, 0.25) is 17.7 Å². The van der Waals surface area contributed by atoms with Gasteiger partial charge in [0.15, 0.2) is 0 Å². The number of nitrogens with one attached hydrogen (secondary N) is 2. The Balaban J connectivity index is 1.57. The van der Waals surface area contributed by atoms with Crippen molar-refractivity contribution >= 4 is 58.2 Å². The molecule has 0 radical (unpaired) electrons. The van der Waals surface area contributed by atoms with Crippen LogP contribution in [-0.2, 0) is 18.9 Å². The Kier molecular flexibility index (Phi) is 10.5. The highest BCUT2D eigenvalue weighted by Gasteiger charge is 2.45. The van der Waals surface area contributed by atoms with Crippen molar-refractivity contribution in [3.8, 4) is 0 Å². The van der Waals surface area contributed by atoms with Gasteiger partial charge in [0, 0.05) is 48.1 Å². The molecule has 4 atom stereocenters. The molecule has 2 aromatic rings. The van der Waals surface area contributed by atoms with Gasteiger partial charge in [-0.15, -0.1) is 11.3 Å². The summed E-state index contributed by atoms with van der Waals surface area (Å²) in [7, 11) is -4.99. The molecule has 3 heterocycles. The van der Waals surface area contributed by atoms with E-state index in [-0.39, 0.29) is 46.8 Å². The molecule has 2 fully saturated rings. The fraction of sp³-hybridized carbons (Fsp3) is 0.500. The second-order valence-corrected chi connectivity index (χ2v) is 14.6. The van der Waals surface area contributed by atoms with Gasteiger partial charge in [0.1, 0.15) is 12.1 Å². The van der Waals surface area contributed by atoms with Crippen LogP contribution in [0.25, 0.3) is 10.1 Å². The monoisotopic (exact) mass is 661 g/mol. The molecule has 4 rings (SSSR count). The minimum atomic E-state index is -4.99. The molecule has 0 saturated carbocycles. The van der Waals surface area contributed by atoms with Crippen molar-refractivity contribution in [2.45, 2.75) is 77.0 Å². The lowest BCUT2D eigenvalue weighted by Crippen LogP contribution is -2.61. The Morgan fingerprint density at radius 2 is 1.87 bits per heavy atom. The molecule has 2 saturated heterocycles. The van der Waals surface area contributed by atoms with E-state index in [1.807, 2.05) is 13.8 Å². The number of benzene rings is 1. The standard InChI is InChI=1S/C30H40N5O8PS/c1-16(2)22(8-5-17(3)31)32-27(37)24-9-7-21-11-12-34(18(4)36)15-23(29(39)35(21)24)33-28(38)26-14-20-13-19(6-10-25(20)45-26)30(40)44(41,42)43/h6,10,13-14,16,21-24H,3,5,7-9,11-12,15,31H2,1-2,4H3,(H,32,37)(H,33,38)(H2,41,42,43)/t21-,22+,23+,24+/m1/s1. The molecule has 15 heteroatoms. The Labute approximate surface area is 265 Å². The molecule has 0 spiro atoms. The van der Waals surface area contributed by atoms with Gasteiger partial charge < -0.3 is 36.0 Å². The lowest BCUT2D eigenvalue weighted by Gasteiger charge is -2.38. The fourth-order valence-electron chi connectivity index (χ4n) is 5.90. The Bertz CT molecular complexity index is 1570. The van der Waals surface area contributed by atoms with Gasteiger partial charge in [-0.25, -0.2) is 0 Å². The summed E-state index contributed by atoms with van der Waals surface area (Å²) < 4.78 is 12.0. The van der Waals surface area contributed by atoms with Crippen molar-refractivity contribution in [3.63, 3.8) is 0 Å². The highest BCUT2D eigenvalue weighted by molar-refractivity contribution is 7.70. The summed E-state index contributed by atoms with van der Waals surface area (Å²) in [6, 6.07) is 3.22. The molecule has 1 aromatic heterocycles. The van der Waals surface area contributed by atoms with E-state index in [1.54, 1.807) is 4.90 Å². The Morgan fingerprint density at radius 1 is 1.16 bits per heavy atom. The number of hydrogen-bond acceptors (Lipinski definition) is 8. The third-order valence-electron chi connectivity index (χ3n) is 8.40. The van der Waals surface area contributed by atoms with Crippen molar-refractivity contribution in [1.29, 1.82) is 0 Å². The number of carbonyl (C=O) groups excluding carboxylic acids is 5. The predicted octanol–water partition coefficient (Wildman–Crippen LogP) is 2.32. The number of rotatable bonds is 10. The van der Waals surface area contributed by atoms with Crippen LogP contribution in [0, 0.1) is 5.92 Å². The summed E-state index contributed by atoms with van der Waals surface area (Å²) in [6.07, 6.45) is 2.69. The smallest absolute Gasteiger partial charge is 0.396 e. The number of nitrogens with zero attached hydrogens (tertiary/aromatic N) is 2. The second-order valence-electron chi connectivity index (χ2n) is 12.0. The molecule has 45 heavy (non-hydrogen) atoms. The summed E-state index contributed by atoms with van der Waals surface area (Å²) >= 11 is 1.08. The molecule has 4 amide bonds. The molecular weight excluding hydrogens is 621 g/mol. The van der Waals surface area contributed by atoms with Crippen LogP contribution < -0.4 is 16.4 Å². The van der Waals surface area contributed by atoms with Crippen LogP contribution in [0.3, 0.4) is 0 Å². The molecule has 13 nitrogen and oxygen atoms in total. The second kappa shape index (κ2) is 13.8. The Morgan fingerprint density at radius 3 is 2.49 bits per heavy atom. The fourth-order valence-corrected chi connectivity index (χ4v) is 7.32. The van der Waals surface area contributed by atoms with E-state index >= 15 is 0 Å². The summed E-state index contributed by atoms with van der Waals surface area (Å²) in [5.41, 5.74) is 4.76. The van der Waals surface area contributed by atoms with Crippen LogP contribution in [0.1, 0.15) is 72.9 Å². The minimum absolute atomic E-state index is 0.0729. The van der Waals surface area contributed by atoms with Crippen LogP contribution in [0.4, 0.5) is 0 Å². The zero-order valence-electron chi connectivity index (χ0n) is 25.5. The molecule has 244 valence electrons. The summed E-state index contributed by atoms with van der Waals surface area (Å²) in [6.45, 7) is 9.42. The van der Waals surface area contributed by atoms with Gasteiger partial charge >= 0.3 is 7.60 Å². The molecular formula is C30H40N5O8PS. The molecule has 1 aromatic carbocycles. The highest BCUT2D eigenvalue weighted by atomic mass is 32.1. The first-order valence-corrected chi connectivity index (χ1v) is 17.3. The number of carbonyl (C=O) groups is 5. The van der Waals surface area contributed by atoms with E-state index in [0.717, 1.165) is 11.3 Å². The average Bonchev–Trinajstić information content (AvgIpc) is 3.58. The molecule has 0 aliphatic carbocycles. The molecule has 2 aliphatic rings. The number of amides is 4. The molecule has 0 unspecified atom stereocenters. The minimum Gasteiger partial charge on any atom is -0.403 e. The van der Waals surface area contributed by atoms with Gasteiger partial charge in [0.05, 0.1) is 4.88 Å². The maximum Gasteiger partial charge on any atom is 0.396 e. The van der Waals surface area contributed by atoms with Crippen LogP contribution in [0.5, 0.6) is 0 Å². The van der Waals surface area contributed by atoms with Gasteiger partial charge in [-0.2, -0.15) is 0 Å². The topological polar surface area (TPSA) is 199 Å². The highest BCUT2D eigenvalue weighted by Crippen LogP contribution is 2.40. The third kappa shape index (κ3) is 7.99. The first-order chi connectivity index (χ1) is 21.1. The van der Waals surface area contributed by atoms with Crippen LogP contribution in [0.15, 0.2) is 36.5 Å². The zero-order valence-corrected chi connectivity index (χ0v) is 27.2. The van der Waals surface area contributed by atoms with Crippen LogP contribution in [-0.4, -0.2) is 86.0 Å². The molecule has 6 N–H and O–H groups in total. The number of nitrogens with two attached hydrogens (primary N) is 1. The van der Waals surface area contributed by atoms with E-state index in [4.69, 9.17) is 5.73 Å². The van der Waals surface area contributed by atoms with E-state index in [0.29, 0.717) is 54.4 Å². The first-order valence-electron chi connectivity index (χ1n) is 14.8. The normalized spacial score (nSPS) is 21.2. The van der Waals surface area contributed by atoms with Crippen LogP contribution >= 0.6 is 18.9 Å². The largest absolute Gasteiger partial charge is 0.403 e. The molecule has 0 bridgehead atoms. The van der Waals surface area contributed by atoms with E-state index in [2.05, 4.69) is 17.2 Å². The van der Waals surface area contributed by atoms with E-state index in [9.17, 15) is 38.3 Å². The predicted molar refractivity (Wildman–Crippen MR) is 169 cm³/mol. The quantitative estimate of drug-likeness (QED) is 0.237. The maximum absolute atomic E-state index is 14.1. The number of hydrogen-bond donors (Lipinski definition) is 5. The van der Waals surface area contributed by atoms with Gasteiger partial charge in [-0.3, -0.25) is 28.5 Å². The summed E-state index contributed by atoms with van der Waals surface area (Å²) in [5, 5.41) is 6.28. The van der Waals surface area contributed by atoms with Crippen molar-refractivity contribution in [2.24, 2.45) is 11.7 Å². The van der Waals surface area contributed by atoms with E-state index < -0.39 is 37.0 Å². The first kappa shape index (κ1) is 34.3. The number of allylic oxidation sites excluding steroid dienone is 1. The molecule has 2 aliphatic heterocycles. The summed E-state index contributed by atoms with van der Waals surface area (Å²) in [4.78, 5) is 87.4. The number of fused-ring (bicyclic) bond motifs is 2. The lowest BCUT2D eigenvalue weighted by molar-refractivity contribution is -0.145. The van der Waals surface area contributed by atoms with Gasteiger partial charge in [-0.1, -0.05) is 20.4 Å². The zero-order chi connectivity index (χ0) is 33.2. The van der Waals surface area contributed by atoms with Crippen molar-refractivity contribution in [2.75, 3.05) is 13.1 Å². The average molecular weight is 662 g/mol. The van der Waals surface area contributed by atoms with Gasteiger partial charge in [0.25, 0.3) is 11.4 Å². The van der Waals surface area contributed by atoms with Crippen molar-refractivity contribution in [3.05, 3.63) is 47.0 Å². The Hall–Kier alpha value is -3.58. The van der Waals surface area contributed by atoms with E-state index in [1.165, 1.54) is 36.1 Å². The van der Waals surface area contributed by atoms with Crippen LogP contribution in [0.2, 0.25) is 0 Å². The summed E-state index contributed by atoms with van der Waals surface area (Å²) in [5.74, 6) is -1.44. The lowest BCUT2D eigenvalue weighted by atomic mass is 9.98. The van der Waals surface area contributed by atoms with Crippen molar-refractivity contribution < 1.29 is 38.3 Å². The SMILES string of the molecule is C=C(N)CC[C@H](NC(=O)[C@@H]1CC[C@@H]2CCN(C(C)=O)C[C@H](NC(=O)c3cc4cc(C(=O)P(=O)(O)O)ccc4s3)C(=O)N21)C(C)C.